The monoisotopic (exact) mass is 560 g/mol. The Hall–Kier alpha value is -2.24. The highest BCUT2D eigenvalue weighted by Gasteiger charge is 2.27. The molecule has 0 aliphatic rings. The van der Waals surface area contributed by atoms with Crippen LogP contribution in [-0.2, 0) is 16.0 Å². The minimum Gasteiger partial charge on any atom is -0.494 e. The van der Waals surface area contributed by atoms with Gasteiger partial charge in [-0.05, 0) is 30.5 Å². The molecule has 0 fully saturated rings. The second-order valence-electron chi connectivity index (χ2n) is 11.6. The molecular formula is C34H62N3O3+. The van der Waals surface area contributed by atoms with E-state index in [0.717, 1.165) is 43.1 Å². The van der Waals surface area contributed by atoms with Crippen molar-refractivity contribution >= 4 is 11.9 Å². The summed E-state index contributed by atoms with van der Waals surface area (Å²) in [6.07, 6.45) is 20.7. The molecule has 0 aromatic heterocycles. The van der Waals surface area contributed by atoms with E-state index in [9.17, 15) is 4.79 Å². The molecule has 1 aromatic carbocycles. The van der Waals surface area contributed by atoms with Crippen LogP contribution in [-0.4, -0.2) is 68.9 Å². The van der Waals surface area contributed by atoms with Crippen molar-refractivity contribution in [3.05, 3.63) is 29.8 Å². The molecule has 40 heavy (non-hydrogen) atoms. The fourth-order valence-corrected chi connectivity index (χ4v) is 4.90. The number of benzene rings is 1. The molecule has 6 heteroatoms. The molecular weight excluding hydrogens is 498 g/mol. The SMILES string of the molecule is CCCCCCCCCCOC(=O)[C@H](Cc1ccc(OCCCCCCCCCC)cc1)NC(N(C)C)=[N+](C)C. The van der Waals surface area contributed by atoms with E-state index >= 15 is 0 Å². The maximum atomic E-state index is 13.1. The number of rotatable bonds is 23. The number of unbranched alkanes of at least 4 members (excludes halogenated alkanes) is 14. The van der Waals surface area contributed by atoms with Crippen molar-refractivity contribution in [2.75, 3.05) is 41.4 Å². The molecule has 0 bridgehead atoms. The minimum atomic E-state index is -0.460. The third-order valence-electron chi connectivity index (χ3n) is 7.31. The van der Waals surface area contributed by atoms with E-state index in [1.807, 2.05) is 49.8 Å². The first-order chi connectivity index (χ1) is 19.4. The Morgan fingerprint density at radius 1 is 0.750 bits per heavy atom. The van der Waals surface area contributed by atoms with Gasteiger partial charge in [-0.2, -0.15) is 0 Å². The highest BCUT2D eigenvalue weighted by Crippen LogP contribution is 2.16. The van der Waals surface area contributed by atoms with Crippen molar-refractivity contribution in [1.82, 2.24) is 10.2 Å². The van der Waals surface area contributed by atoms with Crippen LogP contribution >= 0.6 is 0 Å². The highest BCUT2D eigenvalue weighted by molar-refractivity contribution is 5.84. The zero-order valence-corrected chi connectivity index (χ0v) is 26.9. The minimum absolute atomic E-state index is 0.195. The Morgan fingerprint density at radius 2 is 1.23 bits per heavy atom. The topological polar surface area (TPSA) is 53.8 Å². The molecule has 0 saturated carbocycles. The van der Waals surface area contributed by atoms with E-state index in [-0.39, 0.29) is 5.97 Å². The molecule has 0 spiro atoms. The van der Waals surface area contributed by atoms with Crippen molar-refractivity contribution in [1.29, 1.82) is 0 Å². The first kappa shape index (κ1) is 35.8. The lowest BCUT2D eigenvalue weighted by molar-refractivity contribution is -0.472. The van der Waals surface area contributed by atoms with Gasteiger partial charge in [-0.3, -0.25) is 14.8 Å². The number of carbonyl (C=O) groups is 1. The Labute approximate surface area is 246 Å². The van der Waals surface area contributed by atoms with Crippen molar-refractivity contribution in [3.8, 4) is 5.75 Å². The van der Waals surface area contributed by atoms with Gasteiger partial charge in [0.15, 0.2) is 6.04 Å². The van der Waals surface area contributed by atoms with E-state index in [1.54, 1.807) is 0 Å². The number of nitrogens with one attached hydrogen (secondary N) is 1. The Balaban J connectivity index is 2.53. The van der Waals surface area contributed by atoms with E-state index in [1.165, 1.54) is 83.5 Å². The van der Waals surface area contributed by atoms with Gasteiger partial charge in [0.05, 0.1) is 41.4 Å². The lowest BCUT2D eigenvalue weighted by Gasteiger charge is -2.20. The van der Waals surface area contributed by atoms with Crippen LogP contribution < -0.4 is 10.1 Å². The number of nitrogens with zero attached hydrogens (tertiary/aromatic N) is 2. The Kier molecular flexibility index (Phi) is 21.0. The molecule has 1 N–H and O–H groups in total. The average molecular weight is 561 g/mol. The Bertz CT molecular complexity index is 788. The third-order valence-corrected chi connectivity index (χ3v) is 7.31. The van der Waals surface area contributed by atoms with Gasteiger partial charge in [0.1, 0.15) is 5.75 Å². The zero-order valence-electron chi connectivity index (χ0n) is 26.9. The molecule has 230 valence electrons. The summed E-state index contributed by atoms with van der Waals surface area (Å²) >= 11 is 0. The second kappa shape index (κ2) is 23.5. The smallest absolute Gasteiger partial charge is 0.347 e. The van der Waals surface area contributed by atoms with Crippen molar-refractivity contribution in [2.24, 2.45) is 0 Å². The van der Waals surface area contributed by atoms with Crippen molar-refractivity contribution < 1.29 is 18.8 Å². The number of esters is 1. The molecule has 0 heterocycles. The summed E-state index contributed by atoms with van der Waals surface area (Å²) < 4.78 is 13.7. The van der Waals surface area contributed by atoms with Crippen LogP contribution in [0.4, 0.5) is 0 Å². The van der Waals surface area contributed by atoms with E-state index < -0.39 is 6.04 Å². The van der Waals surface area contributed by atoms with Crippen LogP contribution in [0.5, 0.6) is 5.75 Å². The van der Waals surface area contributed by atoms with Crippen LogP contribution in [0.15, 0.2) is 24.3 Å². The summed E-state index contributed by atoms with van der Waals surface area (Å²) in [5.74, 6) is 1.57. The van der Waals surface area contributed by atoms with Crippen LogP contribution in [0, 0.1) is 0 Å². The fraction of sp³-hybridized carbons (Fsp3) is 0.765. The van der Waals surface area contributed by atoms with E-state index in [0.29, 0.717) is 13.0 Å². The second-order valence-corrected chi connectivity index (χ2v) is 11.6. The lowest BCUT2D eigenvalue weighted by Crippen LogP contribution is -2.51. The number of carbonyl (C=O) groups excluding carboxylic acids is 1. The summed E-state index contributed by atoms with van der Waals surface area (Å²) in [6, 6.07) is 7.71. The summed E-state index contributed by atoms with van der Waals surface area (Å²) in [4.78, 5) is 15.1. The van der Waals surface area contributed by atoms with Gasteiger partial charge in [-0.25, -0.2) is 4.79 Å². The maximum Gasteiger partial charge on any atom is 0.347 e. The molecule has 6 nitrogen and oxygen atoms in total. The standard InChI is InChI=1S/C34H61N3O3/c1-7-9-11-13-15-17-19-21-27-39-31-25-23-30(24-26-31)29-32(35-34(36(3)4)37(5)6)33(38)40-28-22-20-18-16-14-12-10-8-2/h23-26,32H,7-22,27-29H2,1-6H3/p+1/t32-/m0/s1. The van der Waals surface area contributed by atoms with Gasteiger partial charge in [-0.1, -0.05) is 116 Å². The lowest BCUT2D eigenvalue weighted by atomic mass is 10.1. The predicted octanol–water partition coefficient (Wildman–Crippen LogP) is 7.58. The van der Waals surface area contributed by atoms with Gasteiger partial charge in [0.25, 0.3) is 0 Å². The van der Waals surface area contributed by atoms with Crippen molar-refractivity contribution in [3.63, 3.8) is 0 Å². The summed E-state index contributed by atoms with van der Waals surface area (Å²) in [7, 11) is 7.90. The normalized spacial score (nSPS) is 11.7. The van der Waals surface area contributed by atoms with Gasteiger partial charge in [0.2, 0.25) is 0 Å². The number of hydrogen-bond acceptors (Lipinski definition) is 3. The molecule has 0 aliphatic carbocycles. The molecule has 1 atom stereocenters. The van der Waals surface area contributed by atoms with Crippen LogP contribution in [0.1, 0.15) is 122 Å². The van der Waals surface area contributed by atoms with Crippen LogP contribution in [0.3, 0.4) is 0 Å². The first-order valence-electron chi connectivity index (χ1n) is 16.3. The van der Waals surface area contributed by atoms with E-state index in [4.69, 9.17) is 9.47 Å². The van der Waals surface area contributed by atoms with Gasteiger partial charge < -0.3 is 9.47 Å². The summed E-state index contributed by atoms with van der Waals surface area (Å²) in [5, 5.41) is 3.43. The molecule has 0 amide bonds. The summed E-state index contributed by atoms with van der Waals surface area (Å²) in [5.41, 5.74) is 1.08. The number of guanidine groups is 1. The van der Waals surface area contributed by atoms with E-state index in [2.05, 4.69) is 31.3 Å². The van der Waals surface area contributed by atoms with Gasteiger partial charge >= 0.3 is 11.9 Å². The molecule has 0 radical (unpaired) electrons. The Morgan fingerprint density at radius 3 is 1.70 bits per heavy atom. The zero-order chi connectivity index (χ0) is 29.4. The summed E-state index contributed by atoms with van der Waals surface area (Å²) in [6.45, 7) is 5.75. The van der Waals surface area contributed by atoms with Crippen molar-refractivity contribution in [2.45, 2.75) is 129 Å². The molecule has 0 aliphatic heterocycles. The predicted molar refractivity (Wildman–Crippen MR) is 170 cm³/mol. The van der Waals surface area contributed by atoms with Crippen LogP contribution in [0.25, 0.3) is 0 Å². The number of ether oxygens (including phenoxy) is 2. The highest BCUT2D eigenvalue weighted by atomic mass is 16.5. The maximum absolute atomic E-state index is 13.1. The molecule has 0 saturated heterocycles. The first-order valence-corrected chi connectivity index (χ1v) is 16.3. The molecule has 1 aromatic rings. The van der Waals surface area contributed by atoms with Gasteiger partial charge in [0, 0.05) is 6.42 Å². The fourth-order valence-electron chi connectivity index (χ4n) is 4.90. The number of hydrogen-bond donors (Lipinski definition) is 1. The third kappa shape index (κ3) is 17.5. The average Bonchev–Trinajstić information content (AvgIpc) is 2.93. The molecule has 0 unspecified atom stereocenters. The molecule has 1 rings (SSSR count). The quantitative estimate of drug-likeness (QED) is 0.0491. The largest absolute Gasteiger partial charge is 0.494 e. The van der Waals surface area contributed by atoms with Gasteiger partial charge in [-0.15, -0.1) is 0 Å². The van der Waals surface area contributed by atoms with Crippen LogP contribution in [0.2, 0.25) is 0 Å².